The van der Waals surface area contributed by atoms with Crippen LogP contribution in [0.1, 0.15) is 24.3 Å². The van der Waals surface area contributed by atoms with Gasteiger partial charge in [-0.15, -0.1) is 11.8 Å². The Morgan fingerprint density at radius 3 is 2.88 bits per heavy atom. The van der Waals surface area contributed by atoms with E-state index in [1.54, 1.807) is 6.20 Å². The minimum atomic E-state index is -0.237. The molecule has 0 aliphatic carbocycles. The highest BCUT2D eigenvalue weighted by molar-refractivity contribution is 8.00. The van der Waals surface area contributed by atoms with E-state index in [1.165, 1.54) is 18.9 Å². The molecule has 0 saturated heterocycles. The lowest BCUT2D eigenvalue weighted by Crippen LogP contribution is -2.27. The van der Waals surface area contributed by atoms with Crippen molar-refractivity contribution < 1.29 is 9.53 Å². The molecule has 0 amide bonds. The topological polar surface area (TPSA) is 65.2 Å². The SMILES string of the molecule is CCC(N)C(SCC(=O)OC)c1ccccn1. The Kier molecular flexibility index (Phi) is 6.00. The van der Waals surface area contributed by atoms with Crippen LogP contribution in [0.15, 0.2) is 24.4 Å². The first-order valence-electron chi connectivity index (χ1n) is 5.54. The molecule has 2 atom stereocenters. The van der Waals surface area contributed by atoms with Crippen LogP contribution in [-0.2, 0) is 9.53 Å². The number of carbonyl (C=O) groups excluding carboxylic acids is 1. The number of carbonyl (C=O) groups is 1. The van der Waals surface area contributed by atoms with E-state index in [0.29, 0.717) is 5.75 Å². The van der Waals surface area contributed by atoms with Crippen molar-refractivity contribution in [3.8, 4) is 0 Å². The average molecular weight is 254 g/mol. The first kappa shape index (κ1) is 14.0. The highest BCUT2D eigenvalue weighted by atomic mass is 32.2. The van der Waals surface area contributed by atoms with Gasteiger partial charge in [0.1, 0.15) is 0 Å². The monoisotopic (exact) mass is 254 g/mol. The quantitative estimate of drug-likeness (QED) is 0.784. The molecule has 0 fully saturated rings. The molecule has 0 aromatic carbocycles. The van der Waals surface area contributed by atoms with E-state index in [2.05, 4.69) is 9.72 Å². The molecular weight excluding hydrogens is 236 g/mol. The first-order valence-corrected chi connectivity index (χ1v) is 6.58. The summed E-state index contributed by atoms with van der Waals surface area (Å²) in [6, 6.07) is 5.71. The number of hydrogen-bond donors (Lipinski definition) is 1. The van der Waals surface area contributed by atoms with Gasteiger partial charge in [0, 0.05) is 12.2 Å². The smallest absolute Gasteiger partial charge is 0.315 e. The van der Waals surface area contributed by atoms with Crippen LogP contribution in [-0.4, -0.2) is 29.9 Å². The van der Waals surface area contributed by atoms with E-state index in [9.17, 15) is 4.79 Å². The Balaban J connectivity index is 2.71. The van der Waals surface area contributed by atoms with Gasteiger partial charge in [0.15, 0.2) is 0 Å². The number of aromatic nitrogens is 1. The molecule has 1 aromatic heterocycles. The second-order valence-corrected chi connectivity index (χ2v) is 4.76. The molecule has 0 spiro atoms. The molecule has 94 valence electrons. The summed E-state index contributed by atoms with van der Waals surface area (Å²) in [5.74, 6) is 0.0602. The Morgan fingerprint density at radius 2 is 2.35 bits per heavy atom. The molecule has 2 N–H and O–H groups in total. The van der Waals surface area contributed by atoms with Crippen LogP contribution in [0, 0.1) is 0 Å². The summed E-state index contributed by atoms with van der Waals surface area (Å²) in [5.41, 5.74) is 6.98. The van der Waals surface area contributed by atoms with Crippen molar-refractivity contribution in [2.24, 2.45) is 5.73 Å². The number of hydrogen-bond acceptors (Lipinski definition) is 5. The maximum absolute atomic E-state index is 11.2. The maximum atomic E-state index is 11.2. The highest BCUT2D eigenvalue weighted by Gasteiger charge is 2.21. The predicted molar refractivity (Wildman–Crippen MR) is 69.7 cm³/mol. The van der Waals surface area contributed by atoms with Crippen molar-refractivity contribution in [1.82, 2.24) is 4.98 Å². The summed E-state index contributed by atoms with van der Waals surface area (Å²) in [7, 11) is 1.39. The zero-order chi connectivity index (χ0) is 12.7. The van der Waals surface area contributed by atoms with Gasteiger partial charge in [0.05, 0.1) is 23.8 Å². The lowest BCUT2D eigenvalue weighted by atomic mass is 10.1. The third-order valence-corrected chi connectivity index (χ3v) is 3.80. The summed E-state index contributed by atoms with van der Waals surface area (Å²) in [6.07, 6.45) is 2.58. The largest absolute Gasteiger partial charge is 0.468 e. The third kappa shape index (κ3) is 4.36. The fourth-order valence-corrected chi connectivity index (χ4v) is 2.59. The molecule has 0 aliphatic rings. The number of nitrogens with two attached hydrogens (primary N) is 1. The first-order chi connectivity index (χ1) is 8.19. The van der Waals surface area contributed by atoms with E-state index in [1.807, 2.05) is 25.1 Å². The number of nitrogens with zero attached hydrogens (tertiary/aromatic N) is 1. The van der Waals surface area contributed by atoms with Crippen LogP contribution >= 0.6 is 11.8 Å². The average Bonchev–Trinajstić information content (AvgIpc) is 2.39. The van der Waals surface area contributed by atoms with Crippen LogP contribution in [0.5, 0.6) is 0 Å². The molecule has 5 heteroatoms. The molecule has 0 saturated carbocycles. The van der Waals surface area contributed by atoms with Gasteiger partial charge in [0.2, 0.25) is 0 Å². The van der Waals surface area contributed by atoms with Crippen molar-refractivity contribution in [3.05, 3.63) is 30.1 Å². The van der Waals surface area contributed by atoms with Gasteiger partial charge in [-0.2, -0.15) is 0 Å². The zero-order valence-corrected chi connectivity index (χ0v) is 10.9. The lowest BCUT2D eigenvalue weighted by Gasteiger charge is -2.21. The minimum Gasteiger partial charge on any atom is -0.468 e. The van der Waals surface area contributed by atoms with E-state index in [4.69, 9.17) is 5.73 Å². The van der Waals surface area contributed by atoms with Crippen molar-refractivity contribution in [1.29, 1.82) is 0 Å². The number of thioether (sulfide) groups is 1. The van der Waals surface area contributed by atoms with Crippen molar-refractivity contribution in [2.75, 3.05) is 12.9 Å². The molecule has 1 rings (SSSR count). The van der Waals surface area contributed by atoms with Crippen LogP contribution in [0.3, 0.4) is 0 Å². The third-order valence-electron chi connectivity index (χ3n) is 2.45. The summed E-state index contributed by atoms with van der Waals surface area (Å²) >= 11 is 1.48. The number of pyridine rings is 1. The van der Waals surface area contributed by atoms with Gasteiger partial charge in [-0.1, -0.05) is 13.0 Å². The van der Waals surface area contributed by atoms with Crippen LogP contribution in [0.25, 0.3) is 0 Å². The molecule has 0 radical (unpaired) electrons. The highest BCUT2D eigenvalue weighted by Crippen LogP contribution is 2.31. The summed E-state index contributed by atoms with van der Waals surface area (Å²) < 4.78 is 4.63. The molecule has 17 heavy (non-hydrogen) atoms. The number of ether oxygens (including phenoxy) is 1. The van der Waals surface area contributed by atoms with Gasteiger partial charge in [-0.05, 0) is 18.6 Å². The molecular formula is C12H18N2O2S. The summed E-state index contributed by atoms with van der Waals surface area (Å²) in [5, 5.41) is 0.0281. The van der Waals surface area contributed by atoms with Gasteiger partial charge >= 0.3 is 5.97 Å². The molecule has 1 heterocycles. The predicted octanol–water partition coefficient (Wildman–Crippen LogP) is 1.77. The van der Waals surface area contributed by atoms with E-state index in [0.717, 1.165) is 12.1 Å². The normalized spacial score (nSPS) is 14.1. The Bertz CT molecular complexity index is 346. The van der Waals surface area contributed by atoms with Gasteiger partial charge in [-0.25, -0.2) is 0 Å². The molecule has 0 bridgehead atoms. The van der Waals surface area contributed by atoms with Crippen LogP contribution in [0.2, 0.25) is 0 Å². The van der Waals surface area contributed by atoms with Crippen LogP contribution < -0.4 is 5.73 Å². The van der Waals surface area contributed by atoms with Gasteiger partial charge in [0.25, 0.3) is 0 Å². The fraction of sp³-hybridized carbons (Fsp3) is 0.500. The second-order valence-electron chi connectivity index (χ2n) is 3.63. The Morgan fingerprint density at radius 1 is 1.59 bits per heavy atom. The molecule has 4 nitrogen and oxygen atoms in total. The fourth-order valence-electron chi connectivity index (χ4n) is 1.40. The van der Waals surface area contributed by atoms with E-state index >= 15 is 0 Å². The van der Waals surface area contributed by atoms with Gasteiger partial charge < -0.3 is 10.5 Å². The zero-order valence-electron chi connectivity index (χ0n) is 10.1. The van der Waals surface area contributed by atoms with Crippen molar-refractivity contribution in [2.45, 2.75) is 24.6 Å². The van der Waals surface area contributed by atoms with Crippen LogP contribution in [0.4, 0.5) is 0 Å². The number of esters is 1. The van der Waals surface area contributed by atoms with E-state index < -0.39 is 0 Å². The second kappa shape index (κ2) is 7.29. The summed E-state index contributed by atoms with van der Waals surface area (Å²) in [4.78, 5) is 15.5. The summed E-state index contributed by atoms with van der Waals surface area (Å²) in [6.45, 7) is 2.03. The van der Waals surface area contributed by atoms with Gasteiger partial charge in [-0.3, -0.25) is 9.78 Å². The maximum Gasteiger partial charge on any atom is 0.315 e. The number of rotatable bonds is 6. The van der Waals surface area contributed by atoms with E-state index in [-0.39, 0.29) is 17.3 Å². The molecule has 2 unspecified atom stereocenters. The van der Waals surface area contributed by atoms with Crippen molar-refractivity contribution in [3.63, 3.8) is 0 Å². The lowest BCUT2D eigenvalue weighted by molar-refractivity contribution is -0.137. The minimum absolute atomic E-state index is 0.0143. The Labute approximate surface area is 106 Å². The standard InChI is InChI=1S/C12H18N2O2S/c1-3-9(13)12(17-8-11(15)16-2)10-6-4-5-7-14-10/h4-7,9,12H,3,8,13H2,1-2H3. The molecule has 0 aliphatic heterocycles. The Hall–Kier alpha value is -1.07. The number of methoxy groups -OCH3 is 1. The van der Waals surface area contributed by atoms with Crippen molar-refractivity contribution >= 4 is 17.7 Å². The molecule has 1 aromatic rings.